The van der Waals surface area contributed by atoms with Gasteiger partial charge >= 0.3 is 5.97 Å². The van der Waals surface area contributed by atoms with Gasteiger partial charge in [0.2, 0.25) is 15.9 Å². The molecule has 6 rings (SSSR count). The van der Waals surface area contributed by atoms with Crippen molar-refractivity contribution < 1.29 is 42.2 Å². The summed E-state index contributed by atoms with van der Waals surface area (Å²) < 4.78 is 34.4. The number of amides is 4. The molecule has 0 unspecified atom stereocenters. The lowest BCUT2D eigenvalue weighted by molar-refractivity contribution is -0.146. The average molecular weight is 939 g/mol. The SMILES string of the molecule is CCN(C1CCC(C(=O)OC)CC1)S(=O)(=O)c1cccc(C(=O)Nc2ccc(N3CCCCC3)nc2C(=O)Nc2ccc(CN(C)Cc3ccc(C(=O)NCCC(=O)NCCO)cc3)cc2)c1. The van der Waals surface area contributed by atoms with Crippen LogP contribution >= 0.6 is 0 Å². The molecule has 1 aliphatic carbocycles. The Bertz CT molecular complexity index is 2450. The van der Waals surface area contributed by atoms with Gasteiger partial charge in [-0.2, -0.15) is 4.31 Å². The van der Waals surface area contributed by atoms with Crippen LogP contribution in [0.4, 0.5) is 17.2 Å². The summed E-state index contributed by atoms with van der Waals surface area (Å²) in [6.07, 6.45) is 5.30. The van der Waals surface area contributed by atoms with E-state index in [4.69, 9.17) is 14.8 Å². The third-order valence-electron chi connectivity index (χ3n) is 12.1. The summed E-state index contributed by atoms with van der Waals surface area (Å²) in [5, 5.41) is 19.9. The molecule has 18 heteroatoms. The highest BCUT2D eigenvalue weighted by atomic mass is 32.2. The highest BCUT2D eigenvalue weighted by Crippen LogP contribution is 2.32. The average Bonchev–Trinajstić information content (AvgIpc) is 3.34. The third-order valence-corrected chi connectivity index (χ3v) is 14.1. The van der Waals surface area contributed by atoms with Gasteiger partial charge in [0.05, 0.1) is 30.2 Å². The monoisotopic (exact) mass is 938 g/mol. The number of rotatable bonds is 20. The normalized spacial score (nSPS) is 16.3. The summed E-state index contributed by atoms with van der Waals surface area (Å²) in [5.74, 6) is -1.58. The van der Waals surface area contributed by atoms with Crippen LogP contribution in [0, 0.1) is 5.92 Å². The first-order valence-electron chi connectivity index (χ1n) is 22.9. The number of nitrogens with zero attached hydrogens (tertiary/aromatic N) is 4. The second kappa shape index (κ2) is 24.0. The van der Waals surface area contributed by atoms with Gasteiger partial charge in [0.25, 0.3) is 17.7 Å². The van der Waals surface area contributed by atoms with E-state index >= 15 is 0 Å². The van der Waals surface area contributed by atoms with Crippen molar-refractivity contribution >= 4 is 56.8 Å². The van der Waals surface area contributed by atoms with Crippen LogP contribution in [0.3, 0.4) is 0 Å². The van der Waals surface area contributed by atoms with Gasteiger partial charge in [0, 0.05) is 75.1 Å². The standard InChI is InChI=1S/C49H62N8O9S/c1-4-57(40-21-17-37(18-22-40)49(63)66-3)67(64,65)41-10-8-9-38(31-41)47(61)53-42-23-24-43(56-28-6-5-7-29-56)54-45(42)48(62)52-39-19-13-35(14-20-39)33-55(2)32-34-11-15-36(16-12-34)46(60)51-26-25-44(59)50-27-30-58/h8-16,19-20,23-24,31,37,40,58H,4-7,17-18,21-22,25-30,32-33H2,1-3H3,(H,50,59)(H,51,60)(H,52,62)(H,53,61). The van der Waals surface area contributed by atoms with Crippen molar-refractivity contribution in [3.8, 4) is 0 Å². The van der Waals surface area contributed by atoms with Crippen LogP contribution in [-0.4, -0.2) is 117 Å². The Morgan fingerprint density at radius 2 is 1.45 bits per heavy atom. The number of aliphatic hydroxyl groups is 1. The molecule has 2 heterocycles. The molecule has 0 bridgehead atoms. The maximum Gasteiger partial charge on any atom is 0.308 e. The van der Waals surface area contributed by atoms with E-state index in [0.29, 0.717) is 55.8 Å². The van der Waals surface area contributed by atoms with Crippen LogP contribution in [0.25, 0.3) is 0 Å². The molecule has 0 radical (unpaired) electrons. The number of carbonyl (C=O) groups is 5. The highest BCUT2D eigenvalue weighted by Gasteiger charge is 2.35. The second-order valence-corrected chi connectivity index (χ2v) is 18.8. The summed E-state index contributed by atoms with van der Waals surface area (Å²) >= 11 is 0. The minimum Gasteiger partial charge on any atom is -0.469 e. The molecule has 358 valence electrons. The number of hydrogen-bond acceptors (Lipinski definition) is 12. The fourth-order valence-electron chi connectivity index (χ4n) is 8.54. The van der Waals surface area contributed by atoms with Gasteiger partial charge < -0.3 is 36.0 Å². The quantitative estimate of drug-likeness (QED) is 0.0725. The van der Waals surface area contributed by atoms with Gasteiger partial charge in [0.15, 0.2) is 5.69 Å². The molecule has 17 nitrogen and oxygen atoms in total. The Labute approximate surface area is 392 Å². The maximum absolute atomic E-state index is 14.0. The molecule has 2 fully saturated rings. The largest absolute Gasteiger partial charge is 0.469 e. The lowest BCUT2D eigenvalue weighted by atomic mass is 9.86. The molecular weight excluding hydrogens is 877 g/mol. The van der Waals surface area contributed by atoms with E-state index in [2.05, 4.69) is 31.1 Å². The molecule has 1 saturated carbocycles. The van der Waals surface area contributed by atoms with Crippen molar-refractivity contribution in [1.82, 2.24) is 24.8 Å². The minimum absolute atomic E-state index is 0.00821. The van der Waals surface area contributed by atoms with Crippen LogP contribution in [0.1, 0.15) is 101 Å². The Morgan fingerprint density at radius 3 is 2.09 bits per heavy atom. The molecule has 3 aromatic carbocycles. The van der Waals surface area contributed by atoms with Crippen molar-refractivity contribution in [2.75, 3.05) is 69.0 Å². The van der Waals surface area contributed by atoms with E-state index in [1.54, 1.807) is 43.3 Å². The molecule has 0 atom stereocenters. The minimum atomic E-state index is -4.01. The first-order valence-corrected chi connectivity index (χ1v) is 24.3. The fourth-order valence-corrected chi connectivity index (χ4v) is 10.3. The van der Waals surface area contributed by atoms with E-state index in [1.807, 2.05) is 31.3 Å². The Morgan fingerprint density at radius 1 is 0.776 bits per heavy atom. The zero-order valence-corrected chi connectivity index (χ0v) is 39.3. The molecule has 4 amide bonds. The number of hydrogen-bond donors (Lipinski definition) is 5. The first-order chi connectivity index (χ1) is 32.3. The molecule has 1 aliphatic heterocycles. The lowest BCUT2D eigenvalue weighted by Crippen LogP contribution is -2.43. The number of aromatic nitrogens is 1. The van der Waals surface area contributed by atoms with Gasteiger partial charge in [-0.05, 0) is 118 Å². The smallest absolute Gasteiger partial charge is 0.308 e. The summed E-state index contributed by atoms with van der Waals surface area (Å²) in [6.45, 7) is 4.99. The zero-order chi connectivity index (χ0) is 47.9. The topological polar surface area (TPSA) is 220 Å². The van der Waals surface area contributed by atoms with Gasteiger partial charge in [0.1, 0.15) is 5.82 Å². The van der Waals surface area contributed by atoms with E-state index in [-0.39, 0.29) is 84.2 Å². The van der Waals surface area contributed by atoms with Crippen LogP contribution < -0.4 is 26.2 Å². The summed E-state index contributed by atoms with van der Waals surface area (Å²) in [4.78, 5) is 73.2. The van der Waals surface area contributed by atoms with E-state index in [1.165, 1.54) is 35.7 Å². The van der Waals surface area contributed by atoms with Crippen LogP contribution in [-0.2, 0) is 37.4 Å². The predicted octanol–water partition coefficient (Wildman–Crippen LogP) is 5.18. The molecule has 4 aromatic rings. The Kier molecular flexibility index (Phi) is 18.0. The third kappa shape index (κ3) is 13.7. The Balaban J connectivity index is 1.09. The van der Waals surface area contributed by atoms with Crippen molar-refractivity contribution in [2.24, 2.45) is 5.92 Å². The zero-order valence-electron chi connectivity index (χ0n) is 38.5. The number of pyridine rings is 1. The molecule has 0 spiro atoms. The molecule has 1 saturated heterocycles. The first kappa shape index (κ1) is 50.2. The molecular formula is C49H62N8O9S. The van der Waals surface area contributed by atoms with Crippen molar-refractivity contribution in [3.05, 3.63) is 113 Å². The van der Waals surface area contributed by atoms with Crippen LogP contribution in [0.15, 0.2) is 89.8 Å². The van der Waals surface area contributed by atoms with Crippen molar-refractivity contribution in [2.45, 2.75) is 82.3 Å². The number of carbonyl (C=O) groups excluding carboxylic acids is 5. The number of benzene rings is 3. The van der Waals surface area contributed by atoms with Gasteiger partial charge in [-0.1, -0.05) is 37.3 Å². The number of anilines is 3. The number of ether oxygens (including phenoxy) is 1. The number of sulfonamides is 1. The lowest BCUT2D eigenvalue weighted by Gasteiger charge is -2.34. The summed E-state index contributed by atoms with van der Waals surface area (Å²) in [7, 11) is -0.672. The number of esters is 1. The van der Waals surface area contributed by atoms with Crippen LogP contribution in [0.2, 0.25) is 0 Å². The fraction of sp³-hybridized carbons (Fsp3) is 0.429. The maximum atomic E-state index is 14.0. The number of aliphatic hydroxyl groups excluding tert-OH is 1. The Hall–Kier alpha value is -6.21. The molecule has 67 heavy (non-hydrogen) atoms. The molecule has 5 N–H and O–H groups in total. The van der Waals surface area contributed by atoms with E-state index in [0.717, 1.165) is 43.5 Å². The number of piperidine rings is 1. The van der Waals surface area contributed by atoms with E-state index < -0.39 is 21.8 Å². The van der Waals surface area contributed by atoms with Crippen molar-refractivity contribution in [1.29, 1.82) is 0 Å². The summed E-state index contributed by atoms with van der Waals surface area (Å²) in [6, 6.07) is 23.7. The van der Waals surface area contributed by atoms with Crippen molar-refractivity contribution in [3.63, 3.8) is 0 Å². The van der Waals surface area contributed by atoms with Crippen LogP contribution in [0.5, 0.6) is 0 Å². The summed E-state index contributed by atoms with van der Waals surface area (Å²) in [5.41, 5.74) is 3.27. The van der Waals surface area contributed by atoms with Gasteiger partial charge in [-0.25, -0.2) is 13.4 Å². The van der Waals surface area contributed by atoms with Gasteiger partial charge in [-0.15, -0.1) is 0 Å². The predicted molar refractivity (Wildman–Crippen MR) is 255 cm³/mol. The molecule has 1 aromatic heterocycles. The highest BCUT2D eigenvalue weighted by molar-refractivity contribution is 7.89. The second-order valence-electron chi connectivity index (χ2n) is 16.9. The molecule has 2 aliphatic rings. The van der Waals surface area contributed by atoms with E-state index in [9.17, 15) is 32.4 Å². The number of nitrogens with one attached hydrogen (secondary N) is 4. The number of methoxy groups -OCH3 is 1. The van der Waals surface area contributed by atoms with Gasteiger partial charge in [-0.3, -0.25) is 28.9 Å².